The predicted molar refractivity (Wildman–Crippen MR) is 82.6 cm³/mol. The molecule has 1 unspecified atom stereocenters. The lowest BCUT2D eigenvalue weighted by Crippen LogP contribution is -2.12. The Balaban J connectivity index is 3.39. The normalized spacial score (nSPS) is 12.4. The molecule has 0 heterocycles. The van der Waals surface area contributed by atoms with Gasteiger partial charge in [0.1, 0.15) is 5.75 Å². The highest BCUT2D eigenvalue weighted by molar-refractivity contribution is 9.10. The summed E-state index contributed by atoms with van der Waals surface area (Å²) in [5.41, 5.74) is 4.69. The van der Waals surface area contributed by atoms with Gasteiger partial charge in [-0.15, -0.1) is 0 Å². The first-order valence-corrected chi connectivity index (χ1v) is 7.36. The van der Waals surface area contributed by atoms with Crippen molar-refractivity contribution in [3.63, 3.8) is 0 Å². The Morgan fingerprint density at radius 1 is 1.16 bits per heavy atom. The summed E-state index contributed by atoms with van der Waals surface area (Å²) in [6.45, 7) is 10.4. The molecule has 0 amide bonds. The number of hydrogen-bond acceptors (Lipinski definition) is 2. The minimum absolute atomic E-state index is 0.0154. The van der Waals surface area contributed by atoms with Gasteiger partial charge in [-0.3, -0.25) is 0 Å². The Hall–Kier alpha value is -1.01. The van der Waals surface area contributed by atoms with Crippen LogP contribution in [-0.2, 0) is 6.42 Å². The minimum Gasteiger partial charge on any atom is -0.496 e. The van der Waals surface area contributed by atoms with Crippen molar-refractivity contribution >= 4 is 15.9 Å². The first-order valence-electron chi connectivity index (χ1n) is 6.56. The fraction of sp³-hybridized carbons (Fsp3) is 0.562. The van der Waals surface area contributed by atoms with Crippen molar-refractivity contribution in [1.29, 1.82) is 5.26 Å². The van der Waals surface area contributed by atoms with Gasteiger partial charge in [0, 0.05) is 4.47 Å². The first kappa shape index (κ1) is 16.0. The highest BCUT2D eigenvalue weighted by Crippen LogP contribution is 2.37. The van der Waals surface area contributed by atoms with Crippen molar-refractivity contribution in [2.75, 3.05) is 7.11 Å². The number of ether oxygens (including phenoxy) is 1. The van der Waals surface area contributed by atoms with Gasteiger partial charge in [0.2, 0.25) is 0 Å². The summed E-state index contributed by atoms with van der Waals surface area (Å²) in [6, 6.07) is 2.41. The quantitative estimate of drug-likeness (QED) is 0.803. The van der Waals surface area contributed by atoms with Crippen molar-refractivity contribution in [3.05, 3.63) is 26.7 Å². The van der Waals surface area contributed by atoms with Crippen LogP contribution in [0.25, 0.3) is 0 Å². The van der Waals surface area contributed by atoms with Crippen LogP contribution in [0.15, 0.2) is 4.47 Å². The molecule has 19 heavy (non-hydrogen) atoms. The third-order valence-electron chi connectivity index (χ3n) is 3.89. The molecule has 1 atom stereocenters. The Morgan fingerprint density at radius 3 is 2.16 bits per heavy atom. The SMILES string of the molecule is COc1c(C)c(C)c(Br)c(C)c1CC(C#N)C(C)C. The number of hydrogen-bond donors (Lipinski definition) is 0. The molecule has 0 aliphatic rings. The van der Waals surface area contributed by atoms with Crippen molar-refractivity contribution in [3.8, 4) is 11.8 Å². The fourth-order valence-electron chi connectivity index (χ4n) is 2.32. The van der Waals surface area contributed by atoms with E-state index in [-0.39, 0.29) is 5.92 Å². The highest BCUT2D eigenvalue weighted by Gasteiger charge is 2.21. The van der Waals surface area contributed by atoms with Gasteiger partial charge in [0.05, 0.1) is 19.1 Å². The zero-order valence-electron chi connectivity index (χ0n) is 12.6. The second-order valence-corrected chi connectivity index (χ2v) is 6.18. The van der Waals surface area contributed by atoms with Gasteiger partial charge < -0.3 is 4.74 Å². The Kier molecular flexibility index (Phi) is 5.43. The van der Waals surface area contributed by atoms with Crippen molar-refractivity contribution in [2.24, 2.45) is 11.8 Å². The molecule has 0 bridgehead atoms. The molecular weight excluding hydrogens is 302 g/mol. The van der Waals surface area contributed by atoms with E-state index in [1.807, 2.05) is 0 Å². The number of nitriles is 1. The third-order valence-corrected chi connectivity index (χ3v) is 5.08. The largest absolute Gasteiger partial charge is 0.496 e. The number of nitrogens with zero attached hydrogens (tertiary/aromatic N) is 1. The smallest absolute Gasteiger partial charge is 0.125 e. The number of rotatable bonds is 4. The predicted octanol–water partition coefficient (Wildman–Crippen LogP) is 4.72. The Morgan fingerprint density at radius 2 is 1.74 bits per heavy atom. The van der Waals surface area contributed by atoms with Gasteiger partial charge in [0.25, 0.3) is 0 Å². The van der Waals surface area contributed by atoms with Gasteiger partial charge >= 0.3 is 0 Å². The molecule has 0 saturated carbocycles. The second kappa shape index (κ2) is 6.43. The lowest BCUT2D eigenvalue weighted by atomic mass is 9.87. The summed E-state index contributed by atoms with van der Waals surface area (Å²) in [5, 5.41) is 9.30. The van der Waals surface area contributed by atoms with Crippen LogP contribution in [0.3, 0.4) is 0 Å². The summed E-state index contributed by atoms with van der Waals surface area (Å²) in [4.78, 5) is 0. The minimum atomic E-state index is 0.0154. The van der Waals surface area contributed by atoms with Crippen molar-refractivity contribution < 1.29 is 4.74 Å². The maximum Gasteiger partial charge on any atom is 0.125 e. The average molecular weight is 324 g/mol. The molecule has 3 heteroatoms. The van der Waals surface area contributed by atoms with Crippen LogP contribution in [-0.4, -0.2) is 7.11 Å². The molecule has 0 N–H and O–H groups in total. The van der Waals surface area contributed by atoms with Crippen LogP contribution < -0.4 is 4.74 Å². The molecule has 1 aromatic rings. The van der Waals surface area contributed by atoms with E-state index in [0.29, 0.717) is 5.92 Å². The maximum absolute atomic E-state index is 9.30. The maximum atomic E-state index is 9.30. The monoisotopic (exact) mass is 323 g/mol. The zero-order valence-corrected chi connectivity index (χ0v) is 14.2. The Bertz CT molecular complexity index is 515. The van der Waals surface area contributed by atoms with Gasteiger partial charge in [-0.1, -0.05) is 29.8 Å². The number of methoxy groups -OCH3 is 1. The summed E-state index contributed by atoms with van der Waals surface area (Å²) in [5.74, 6) is 1.29. The number of halogens is 1. The van der Waals surface area contributed by atoms with E-state index in [2.05, 4.69) is 56.6 Å². The summed E-state index contributed by atoms with van der Waals surface area (Å²) in [7, 11) is 1.70. The topological polar surface area (TPSA) is 33.0 Å². The van der Waals surface area contributed by atoms with Crippen molar-refractivity contribution in [1.82, 2.24) is 0 Å². The van der Waals surface area contributed by atoms with E-state index in [0.717, 1.165) is 27.8 Å². The molecule has 0 spiro atoms. The van der Waals surface area contributed by atoms with Gasteiger partial charge in [0.15, 0.2) is 0 Å². The fourth-order valence-corrected chi connectivity index (χ4v) is 2.85. The van der Waals surface area contributed by atoms with E-state index < -0.39 is 0 Å². The van der Waals surface area contributed by atoms with Crippen LogP contribution in [0, 0.1) is 43.9 Å². The molecular formula is C16H22BrNO. The van der Waals surface area contributed by atoms with E-state index in [4.69, 9.17) is 4.74 Å². The van der Waals surface area contributed by atoms with Gasteiger partial charge in [-0.25, -0.2) is 0 Å². The third kappa shape index (κ3) is 3.12. The van der Waals surface area contributed by atoms with Crippen LogP contribution in [0.1, 0.15) is 36.1 Å². The summed E-state index contributed by atoms with van der Waals surface area (Å²) < 4.78 is 6.71. The molecule has 0 fully saturated rings. The molecule has 0 aromatic heterocycles. The summed E-state index contributed by atoms with van der Waals surface area (Å²) in [6.07, 6.45) is 0.739. The van der Waals surface area contributed by atoms with Crippen LogP contribution in [0.4, 0.5) is 0 Å². The van der Waals surface area contributed by atoms with Crippen LogP contribution in [0.2, 0.25) is 0 Å². The average Bonchev–Trinajstić information content (AvgIpc) is 2.38. The summed E-state index contributed by atoms with van der Waals surface area (Å²) >= 11 is 3.65. The molecule has 1 rings (SSSR count). The standard InChI is InChI=1S/C16H22BrNO/c1-9(2)13(8-18)7-14-12(5)15(17)10(3)11(4)16(14)19-6/h9,13H,7H2,1-6H3. The van der Waals surface area contributed by atoms with E-state index in [1.165, 1.54) is 11.1 Å². The second-order valence-electron chi connectivity index (χ2n) is 5.38. The van der Waals surface area contributed by atoms with E-state index >= 15 is 0 Å². The van der Waals surface area contributed by atoms with Crippen molar-refractivity contribution in [2.45, 2.75) is 41.0 Å². The molecule has 0 aliphatic carbocycles. The molecule has 0 saturated heterocycles. The lowest BCUT2D eigenvalue weighted by Gasteiger charge is -2.21. The van der Waals surface area contributed by atoms with E-state index in [9.17, 15) is 5.26 Å². The zero-order chi connectivity index (χ0) is 14.7. The molecule has 2 nitrogen and oxygen atoms in total. The highest BCUT2D eigenvalue weighted by atomic mass is 79.9. The van der Waals surface area contributed by atoms with E-state index in [1.54, 1.807) is 7.11 Å². The molecule has 0 radical (unpaired) electrons. The van der Waals surface area contributed by atoms with Crippen LogP contribution >= 0.6 is 15.9 Å². The van der Waals surface area contributed by atoms with Gasteiger partial charge in [-0.05, 0) is 55.4 Å². The molecule has 104 valence electrons. The molecule has 0 aliphatic heterocycles. The van der Waals surface area contributed by atoms with Gasteiger partial charge in [-0.2, -0.15) is 5.26 Å². The molecule has 1 aromatic carbocycles. The Labute approximate surface area is 124 Å². The number of benzene rings is 1. The first-order chi connectivity index (χ1) is 8.84. The van der Waals surface area contributed by atoms with Crippen LogP contribution in [0.5, 0.6) is 5.75 Å². The lowest BCUT2D eigenvalue weighted by molar-refractivity contribution is 0.396.